The molecule has 3 atom stereocenters. The van der Waals surface area contributed by atoms with Gasteiger partial charge in [-0.1, -0.05) is 55.5 Å². The number of aromatic nitrogens is 1. The minimum Gasteiger partial charge on any atom is -0.748 e. The van der Waals surface area contributed by atoms with Crippen LogP contribution in [0, 0.1) is 0 Å². The molecule has 10 nitrogen and oxygen atoms in total. The van der Waals surface area contributed by atoms with Crippen molar-refractivity contribution < 1.29 is 39.7 Å². The van der Waals surface area contributed by atoms with E-state index >= 15 is 0 Å². The average molecular weight is 675 g/mol. The molecule has 5 aromatic rings. The molecule has 0 amide bonds. The maximum Gasteiger partial charge on any atom is 0.374 e. The number of allylic oxidation sites excluding steroid dienone is 2. The minimum absolute atomic E-state index is 0.0764. The molecule has 7 rings (SSSR count). The van der Waals surface area contributed by atoms with Crippen LogP contribution in [0.25, 0.3) is 38.7 Å². The van der Waals surface area contributed by atoms with Gasteiger partial charge in [0.1, 0.15) is 0 Å². The Morgan fingerprint density at radius 2 is 1.60 bits per heavy atom. The van der Waals surface area contributed by atoms with E-state index in [1.54, 1.807) is 6.08 Å². The van der Waals surface area contributed by atoms with E-state index in [0.717, 1.165) is 32.6 Å². The van der Waals surface area contributed by atoms with Gasteiger partial charge in [0.15, 0.2) is 28.1 Å². The van der Waals surface area contributed by atoms with E-state index in [9.17, 15) is 25.9 Å². The van der Waals surface area contributed by atoms with Crippen molar-refractivity contribution in [2.24, 2.45) is 0 Å². The van der Waals surface area contributed by atoms with Gasteiger partial charge >= 0.3 is 11.8 Å². The molecule has 0 N–H and O–H groups in total. The Labute approximate surface area is 273 Å². The van der Waals surface area contributed by atoms with Crippen LogP contribution in [0.5, 0.6) is 5.75 Å². The second kappa shape index (κ2) is 11.0. The van der Waals surface area contributed by atoms with Gasteiger partial charge in [0.25, 0.3) is 5.52 Å². The van der Waals surface area contributed by atoms with E-state index in [0.29, 0.717) is 41.8 Å². The first-order valence-electron chi connectivity index (χ1n) is 15.5. The summed E-state index contributed by atoms with van der Waals surface area (Å²) < 4.78 is 88.2. The summed E-state index contributed by atoms with van der Waals surface area (Å²) in [7, 11) is -9.26. The molecule has 1 aromatic heterocycles. The smallest absolute Gasteiger partial charge is 0.374 e. The maximum atomic E-state index is 12.9. The zero-order chi connectivity index (χ0) is 33.4. The first kappa shape index (κ1) is 31.5. The lowest BCUT2D eigenvalue weighted by atomic mass is 9.95. The Bertz CT molecular complexity index is 2380. The van der Waals surface area contributed by atoms with Crippen LogP contribution in [-0.4, -0.2) is 42.6 Å². The fourth-order valence-electron chi connectivity index (χ4n) is 6.86. The highest BCUT2D eigenvalue weighted by Crippen LogP contribution is 2.59. The number of aryl methyl sites for hydroxylation is 1. The summed E-state index contributed by atoms with van der Waals surface area (Å²) in [6.45, 7) is 5.39. The first-order chi connectivity index (χ1) is 22.2. The van der Waals surface area contributed by atoms with Gasteiger partial charge in [-0.2, -0.15) is 4.57 Å². The summed E-state index contributed by atoms with van der Waals surface area (Å²) in [6.07, 6.45) is 4.35. The molecule has 12 heteroatoms. The predicted molar refractivity (Wildman–Crippen MR) is 178 cm³/mol. The molecule has 1 spiro atoms. The maximum absolute atomic E-state index is 12.9. The lowest BCUT2D eigenvalue weighted by Crippen LogP contribution is -2.75. The van der Waals surface area contributed by atoms with Gasteiger partial charge in [0.05, 0.1) is 34.4 Å². The molecule has 0 bridgehead atoms. The highest BCUT2D eigenvalue weighted by molar-refractivity contribution is 7.87. The van der Waals surface area contributed by atoms with Crippen LogP contribution in [0.2, 0.25) is 0 Å². The molecule has 244 valence electrons. The number of hydrogen-bond donors (Lipinski definition) is 0. The third-order valence-corrected chi connectivity index (χ3v) is 12.8. The molecule has 47 heavy (non-hydrogen) atoms. The first-order valence-corrected chi connectivity index (χ1v) is 18.4. The van der Waals surface area contributed by atoms with Crippen LogP contribution in [-0.2, 0) is 26.8 Å². The molecule has 0 aliphatic carbocycles. The van der Waals surface area contributed by atoms with Crippen molar-refractivity contribution in [1.82, 2.24) is 4.48 Å². The van der Waals surface area contributed by atoms with Gasteiger partial charge in [0.2, 0.25) is 10.5 Å². The van der Waals surface area contributed by atoms with Crippen molar-refractivity contribution in [3.8, 4) is 5.75 Å². The van der Waals surface area contributed by atoms with Crippen LogP contribution in [0.15, 0.2) is 94.7 Å². The number of ether oxygens (including phenoxy) is 1. The Hall–Kier alpha value is -4.07. The normalized spacial score (nSPS) is 23.0. The summed E-state index contributed by atoms with van der Waals surface area (Å²) in [5, 5.41) is 2.67. The third kappa shape index (κ3) is 4.97. The molecular formula is C35H34N2O8S2. The molecule has 1 fully saturated rings. The van der Waals surface area contributed by atoms with Crippen molar-refractivity contribution in [2.75, 3.05) is 6.54 Å². The Kier molecular flexibility index (Phi) is 7.37. The number of quaternary nitrogens is 1. The van der Waals surface area contributed by atoms with Gasteiger partial charge in [-0.25, -0.2) is 21.3 Å². The lowest BCUT2D eigenvalue weighted by molar-refractivity contribution is -0.678. The number of hydrogen-bond acceptors (Lipinski definition) is 8. The summed E-state index contributed by atoms with van der Waals surface area (Å²) in [6, 6.07) is 23.2. The standard InChI is InChI=1S/C35H34N2O8S2/c1-4-24(17-33-36(15-13-23(2)46(38,39)40)29-19-25-9-5-7-11-27(25)21-31(29)44-33)18-34-37(16-14-35(37,3)47(41,42)43)30-20-26-10-6-8-12-28(26)22-32(30)45-34/h5-12,17-23H,4,13-16H2,1-3H3/b24-17+,34-18-. The molecule has 0 saturated carbocycles. The number of oxazole rings is 1. The quantitative estimate of drug-likeness (QED) is 0.110. The van der Waals surface area contributed by atoms with Crippen molar-refractivity contribution in [3.05, 3.63) is 96.2 Å². The number of nitrogens with zero attached hydrogens (tertiary/aromatic N) is 2. The zero-order valence-corrected chi connectivity index (χ0v) is 27.8. The van der Waals surface area contributed by atoms with Gasteiger partial charge < -0.3 is 18.3 Å². The molecule has 1 saturated heterocycles. The second-order valence-corrected chi connectivity index (χ2v) is 16.2. The summed E-state index contributed by atoms with van der Waals surface area (Å²) >= 11 is 0. The van der Waals surface area contributed by atoms with Crippen LogP contribution >= 0.6 is 0 Å². The molecule has 2 aliphatic heterocycles. The third-order valence-electron chi connectivity index (χ3n) is 9.96. The highest BCUT2D eigenvalue weighted by Gasteiger charge is 2.69. The van der Waals surface area contributed by atoms with E-state index in [4.69, 9.17) is 9.15 Å². The summed E-state index contributed by atoms with van der Waals surface area (Å²) in [5.41, 5.74) is 2.68. The van der Waals surface area contributed by atoms with Crippen molar-refractivity contribution in [3.63, 3.8) is 0 Å². The predicted octanol–water partition coefficient (Wildman–Crippen LogP) is 6.05. The topological polar surface area (TPSA) is 141 Å². The molecule has 3 heterocycles. The van der Waals surface area contributed by atoms with E-state index in [1.807, 2.05) is 90.4 Å². The van der Waals surface area contributed by atoms with Gasteiger partial charge in [-0.05, 0) is 52.6 Å². The lowest BCUT2D eigenvalue weighted by Gasteiger charge is -2.55. The molecule has 3 unspecified atom stereocenters. The zero-order valence-electron chi connectivity index (χ0n) is 26.2. The second-order valence-electron chi connectivity index (χ2n) is 12.6. The van der Waals surface area contributed by atoms with E-state index in [2.05, 4.69) is 0 Å². The van der Waals surface area contributed by atoms with E-state index in [1.165, 1.54) is 13.8 Å². The fraction of sp³-hybridized carbons (Fsp3) is 0.286. The SMILES string of the molecule is CCC(/C=C1\Oc2cc3ccccc3cc2[N+]12CCC2(C)S(=O)(=O)[O-])=C\c1oc2cc3ccccc3cc2[n+]1CCC(C)S(=O)(=O)[O-]. The summed E-state index contributed by atoms with van der Waals surface area (Å²) in [4.78, 5) is -1.68. The van der Waals surface area contributed by atoms with Crippen molar-refractivity contribution in [2.45, 2.75) is 56.7 Å². The molecule has 0 radical (unpaired) electrons. The van der Waals surface area contributed by atoms with Crippen LogP contribution in [0.4, 0.5) is 5.69 Å². The average Bonchev–Trinajstić information content (AvgIpc) is 3.53. The highest BCUT2D eigenvalue weighted by atomic mass is 32.2. The molecular weight excluding hydrogens is 641 g/mol. The Morgan fingerprint density at radius 3 is 2.17 bits per heavy atom. The monoisotopic (exact) mass is 674 g/mol. The number of benzene rings is 4. The number of rotatable bonds is 8. The van der Waals surface area contributed by atoms with Crippen LogP contribution < -0.4 is 13.8 Å². The molecule has 4 aromatic carbocycles. The Balaban J connectivity index is 1.39. The summed E-state index contributed by atoms with van der Waals surface area (Å²) in [5.74, 6) is 1.25. The fourth-order valence-corrected chi connectivity index (χ4v) is 8.26. The van der Waals surface area contributed by atoms with Crippen LogP contribution in [0.1, 0.15) is 45.9 Å². The van der Waals surface area contributed by atoms with Gasteiger partial charge in [0, 0.05) is 31.6 Å². The van der Waals surface area contributed by atoms with Crippen LogP contribution in [0.3, 0.4) is 0 Å². The van der Waals surface area contributed by atoms with Gasteiger partial charge in [-0.3, -0.25) is 0 Å². The number of fused-ring (bicyclic) bond motifs is 5. The van der Waals surface area contributed by atoms with E-state index in [-0.39, 0.29) is 23.9 Å². The molecule has 2 aliphatic rings. The van der Waals surface area contributed by atoms with Crippen molar-refractivity contribution in [1.29, 1.82) is 0 Å². The Morgan fingerprint density at radius 1 is 0.979 bits per heavy atom. The van der Waals surface area contributed by atoms with Gasteiger partial charge in [-0.15, -0.1) is 0 Å². The van der Waals surface area contributed by atoms with Crippen molar-refractivity contribution >= 4 is 64.6 Å². The largest absolute Gasteiger partial charge is 0.748 e. The van der Waals surface area contributed by atoms with E-state index < -0.39 is 30.4 Å². The minimum atomic E-state index is -4.77.